The van der Waals surface area contributed by atoms with E-state index in [2.05, 4.69) is 16.0 Å². The van der Waals surface area contributed by atoms with E-state index in [-0.39, 0.29) is 30.8 Å². The second kappa shape index (κ2) is 10.8. The molecule has 2 amide bonds. The highest BCUT2D eigenvalue weighted by Crippen LogP contribution is 2.48. The molecule has 4 rings (SSSR count). The van der Waals surface area contributed by atoms with Crippen molar-refractivity contribution in [2.45, 2.75) is 44.1 Å². The van der Waals surface area contributed by atoms with Crippen LogP contribution in [0.1, 0.15) is 30.4 Å². The first kappa shape index (κ1) is 24.0. The fourth-order valence-electron chi connectivity index (χ4n) is 4.75. The van der Waals surface area contributed by atoms with Crippen molar-refractivity contribution < 1.29 is 28.6 Å². The number of amides is 2. The predicted octanol–water partition coefficient (Wildman–Crippen LogP) is 2.07. The number of para-hydroxylation sites is 1. The van der Waals surface area contributed by atoms with E-state index in [1.165, 1.54) is 12.1 Å². The molecule has 1 aliphatic carbocycles. The fourth-order valence-corrected chi connectivity index (χ4v) is 4.75. The van der Waals surface area contributed by atoms with Crippen LogP contribution in [0.3, 0.4) is 0 Å². The number of benzene rings is 2. The summed E-state index contributed by atoms with van der Waals surface area (Å²) in [7, 11) is 0. The first-order valence-corrected chi connectivity index (χ1v) is 11.6. The van der Waals surface area contributed by atoms with Gasteiger partial charge in [0.15, 0.2) is 0 Å². The van der Waals surface area contributed by atoms with Crippen molar-refractivity contribution >= 4 is 12.0 Å². The van der Waals surface area contributed by atoms with Gasteiger partial charge in [-0.3, -0.25) is 4.79 Å². The number of aliphatic hydroxyl groups is 1. The molecule has 2 aliphatic rings. The summed E-state index contributed by atoms with van der Waals surface area (Å²) in [5.74, 6) is -0.565. The summed E-state index contributed by atoms with van der Waals surface area (Å²) in [5, 5.41) is 19.8. The zero-order chi connectivity index (χ0) is 24.1. The quantitative estimate of drug-likeness (QED) is 0.439. The topological polar surface area (TPSA) is 109 Å². The molecule has 1 saturated carbocycles. The van der Waals surface area contributed by atoms with Gasteiger partial charge in [-0.25, -0.2) is 9.18 Å². The normalized spacial score (nSPS) is 25.0. The number of carbonyl (C=O) groups excluding carboxylic acids is 2. The van der Waals surface area contributed by atoms with Crippen LogP contribution in [-0.4, -0.2) is 55.1 Å². The molecule has 0 aromatic heterocycles. The van der Waals surface area contributed by atoms with Crippen LogP contribution in [0.5, 0.6) is 5.75 Å². The van der Waals surface area contributed by atoms with Crippen LogP contribution in [0, 0.1) is 11.7 Å². The lowest BCUT2D eigenvalue weighted by Crippen LogP contribution is -2.57. The van der Waals surface area contributed by atoms with Gasteiger partial charge in [-0.1, -0.05) is 30.3 Å². The average molecular weight is 472 g/mol. The number of alkyl carbamates (subject to hydrolysis) is 1. The number of fused-ring (bicyclic) bond motifs is 3. The van der Waals surface area contributed by atoms with Crippen molar-refractivity contribution in [3.63, 3.8) is 0 Å². The van der Waals surface area contributed by atoms with Crippen molar-refractivity contribution in [3.05, 3.63) is 65.5 Å². The predicted molar refractivity (Wildman–Crippen MR) is 123 cm³/mol. The van der Waals surface area contributed by atoms with E-state index in [9.17, 15) is 19.1 Å². The molecular weight excluding hydrogens is 441 g/mol. The average Bonchev–Trinajstić information content (AvgIpc) is 3.23. The molecule has 34 heavy (non-hydrogen) atoms. The summed E-state index contributed by atoms with van der Waals surface area (Å²) in [4.78, 5) is 24.7. The number of hydrogen-bond acceptors (Lipinski definition) is 6. The third-order valence-electron chi connectivity index (χ3n) is 6.36. The standard InChI is InChI=1S/C25H30FN3O5/c1-2-27-25(32)33-12-11-28-24(31)18-13-19(29-14-15-7-9-16(26)10-8-15)22(30)23-21(18)17-5-3-4-6-20(17)34-23/h3-10,18-19,21-23,29-30H,2,11-14H2,1H3,(H,27,32)(H,28,31)/t18?,19-,21+,22+,23+/m1/s1. The van der Waals surface area contributed by atoms with E-state index in [4.69, 9.17) is 9.47 Å². The molecule has 1 aliphatic heterocycles. The molecule has 182 valence electrons. The summed E-state index contributed by atoms with van der Waals surface area (Å²) in [6.45, 7) is 2.91. The number of carbonyl (C=O) groups is 2. The molecule has 0 spiro atoms. The highest BCUT2D eigenvalue weighted by Gasteiger charge is 2.52. The number of hydrogen-bond donors (Lipinski definition) is 4. The van der Waals surface area contributed by atoms with E-state index >= 15 is 0 Å². The molecule has 5 atom stereocenters. The number of aliphatic hydroxyl groups excluding tert-OH is 1. The van der Waals surface area contributed by atoms with Crippen LogP contribution in [0.4, 0.5) is 9.18 Å². The van der Waals surface area contributed by atoms with Gasteiger partial charge in [0.25, 0.3) is 0 Å². The molecule has 0 bridgehead atoms. The number of rotatable bonds is 8. The van der Waals surface area contributed by atoms with E-state index in [0.717, 1.165) is 11.1 Å². The zero-order valence-electron chi connectivity index (χ0n) is 19.0. The molecule has 1 heterocycles. The zero-order valence-corrected chi connectivity index (χ0v) is 19.0. The van der Waals surface area contributed by atoms with E-state index in [1.807, 2.05) is 24.3 Å². The largest absolute Gasteiger partial charge is 0.487 e. The lowest BCUT2D eigenvalue weighted by molar-refractivity contribution is -0.130. The Kier molecular flexibility index (Phi) is 7.64. The first-order chi connectivity index (χ1) is 16.5. The second-order valence-corrected chi connectivity index (χ2v) is 8.55. The molecule has 4 N–H and O–H groups in total. The molecule has 2 aromatic rings. The van der Waals surface area contributed by atoms with Crippen molar-refractivity contribution in [1.82, 2.24) is 16.0 Å². The Bertz CT molecular complexity index is 1000. The van der Waals surface area contributed by atoms with Crippen molar-refractivity contribution in [1.29, 1.82) is 0 Å². The molecule has 2 aromatic carbocycles. The highest BCUT2D eigenvalue weighted by molar-refractivity contribution is 5.80. The number of ether oxygens (including phenoxy) is 2. The van der Waals surface area contributed by atoms with Gasteiger partial charge in [0.2, 0.25) is 5.91 Å². The maximum atomic E-state index is 13.2. The van der Waals surface area contributed by atoms with Crippen molar-refractivity contribution in [3.8, 4) is 5.75 Å². The Morgan fingerprint density at radius 2 is 1.91 bits per heavy atom. The minimum absolute atomic E-state index is 0.0559. The van der Waals surface area contributed by atoms with Crippen LogP contribution < -0.4 is 20.7 Å². The van der Waals surface area contributed by atoms with Gasteiger partial charge >= 0.3 is 6.09 Å². The summed E-state index contributed by atoms with van der Waals surface area (Å²) >= 11 is 0. The van der Waals surface area contributed by atoms with Crippen molar-refractivity contribution in [2.24, 2.45) is 5.92 Å². The van der Waals surface area contributed by atoms with Crippen LogP contribution >= 0.6 is 0 Å². The van der Waals surface area contributed by atoms with Gasteiger partial charge in [0, 0.05) is 30.6 Å². The van der Waals surface area contributed by atoms with Crippen LogP contribution in [0.25, 0.3) is 0 Å². The third-order valence-corrected chi connectivity index (χ3v) is 6.36. The second-order valence-electron chi connectivity index (χ2n) is 8.55. The summed E-state index contributed by atoms with van der Waals surface area (Å²) in [6, 6.07) is 13.3. The van der Waals surface area contributed by atoms with Crippen LogP contribution in [-0.2, 0) is 16.1 Å². The van der Waals surface area contributed by atoms with Gasteiger partial charge in [0.05, 0.1) is 12.5 Å². The Labute approximate surface area is 197 Å². The molecule has 0 saturated heterocycles. The maximum absolute atomic E-state index is 13.2. The Morgan fingerprint density at radius 3 is 2.68 bits per heavy atom. The maximum Gasteiger partial charge on any atom is 0.407 e. The monoisotopic (exact) mass is 471 g/mol. The lowest BCUT2D eigenvalue weighted by atomic mass is 9.71. The first-order valence-electron chi connectivity index (χ1n) is 11.6. The number of nitrogens with one attached hydrogen (secondary N) is 3. The Balaban J connectivity index is 1.45. The smallest absolute Gasteiger partial charge is 0.407 e. The number of halogens is 1. The van der Waals surface area contributed by atoms with Crippen LogP contribution in [0.15, 0.2) is 48.5 Å². The molecule has 8 nitrogen and oxygen atoms in total. The van der Waals surface area contributed by atoms with Gasteiger partial charge in [0.1, 0.15) is 30.4 Å². The van der Waals surface area contributed by atoms with E-state index < -0.39 is 30.3 Å². The van der Waals surface area contributed by atoms with Gasteiger partial charge in [-0.05, 0) is 37.1 Å². The molecule has 1 fully saturated rings. The van der Waals surface area contributed by atoms with E-state index in [0.29, 0.717) is 25.3 Å². The molecule has 0 radical (unpaired) electrons. The van der Waals surface area contributed by atoms with Gasteiger partial charge < -0.3 is 30.5 Å². The van der Waals surface area contributed by atoms with Crippen LogP contribution in [0.2, 0.25) is 0 Å². The lowest BCUT2D eigenvalue weighted by Gasteiger charge is -2.41. The Morgan fingerprint density at radius 1 is 1.15 bits per heavy atom. The molecular formula is C25H30FN3O5. The Hall–Kier alpha value is -3.17. The molecule has 9 heteroatoms. The summed E-state index contributed by atoms with van der Waals surface area (Å²) in [6.07, 6.45) is -1.53. The SMILES string of the molecule is CCNC(=O)OCCNC(=O)C1C[C@@H](NCc2ccc(F)cc2)[C@H](O)[C@H]2Oc3ccccc3[C@@H]12. The summed E-state index contributed by atoms with van der Waals surface area (Å²) < 4.78 is 24.3. The molecule has 1 unspecified atom stereocenters. The minimum Gasteiger partial charge on any atom is -0.487 e. The summed E-state index contributed by atoms with van der Waals surface area (Å²) in [5.41, 5.74) is 1.78. The highest BCUT2D eigenvalue weighted by atomic mass is 19.1. The van der Waals surface area contributed by atoms with Gasteiger partial charge in [-0.2, -0.15) is 0 Å². The van der Waals surface area contributed by atoms with Crippen molar-refractivity contribution in [2.75, 3.05) is 19.7 Å². The third kappa shape index (κ3) is 5.31. The minimum atomic E-state index is -0.831. The van der Waals surface area contributed by atoms with E-state index in [1.54, 1.807) is 19.1 Å². The fraction of sp³-hybridized carbons (Fsp3) is 0.440. The van der Waals surface area contributed by atoms with Gasteiger partial charge in [-0.15, -0.1) is 0 Å².